The molecule has 1 heterocycles. The smallest absolute Gasteiger partial charge is 0.240 e. The van der Waals surface area contributed by atoms with Crippen molar-refractivity contribution in [2.45, 2.75) is 50.6 Å². The van der Waals surface area contributed by atoms with Crippen LogP contribution in [-0.2, 0) is 11.3 Å². The number of carbonyl (C=O) groups excluding carboxylic acids is 1. The summed E-state index contributed by atoms with van der Waals surface area (Å²) in [5, 5.41) is 2.97. The SMILES string of the molecule is Cl.NC1(C(=O)NCc2ccc3c(c2)OCCCO3)CCCCC1. The monoisotopic (exact) mass is 340 g/mol. The number of hydrogen-bond acceptors (Lipinski definition) is 4. The van der Waals surface area contributed by atoms with Crippen molar-refractivity contribution in [1.82, 2.24) is 5.32 Å². The van der Waals surface area contributed by atoms with Crippen LogP contribution < -0.4 is 20.5 Å². The van der Waals surface area contributed by atoms with Gasteiger partial charge in [-0.15, -0.1) is 12.4 Å². The number of rotatable bonds is 3. The second-order valence-electron chi connectivity index (χ2n) is 6.23. The molecule has 3 N–H and O–H groups in total. The Balaban J connectivity index is 0.00000192. The van der Waals surface area contributed by atoms with E-state index in [4.69, 9.17) is 15.2 Å². The topological polar surface area (TPSA) is 73.6 Å². The first-order chi connectivity index (χ1) is 10.7. The first-order valence-electron chi connectivity index (χ1n) is 8.13. The normalized spacial score (nSPS) is 19.2. The Bertz CT molecular complexity index is 545. The summed E-state index contributed by atoms with van der Waals surface area (Å²) in [5.74, 6) is 1.49. The van der Waals surface area contributed by atoms with Gasteiger partial charge in [0.15, 0.2) is 11.5 Å². The van der Waals surface area contributed by atoms with E-state index in [1.807, 2.05) is 18.2 Å². The van der Waals surface area contributed by atoms with Crippen molar-refractivity contribution in [3.63, 3.8) is 0 Å². The van der Waals surface area contributed by atoms with Crippen molar-refractivity contribution in [1.29, 1.82) is 0 Å². The zero-order valence-corrected chi connectivity index (χ0v) is 14.1. The molecule has 0 saturated heterocycles. The molecule has 1 aliphatic carbocycles. The van der Waals surface area contributed by atoms with E-state index in [9.17, 15) is 4.79 Å². The largest absolute Gasteiger partial charge is 0.490 e. The first kappa shape index (κ1) is 17.9. The van der Waals surface area contributed by atoms with Crippen molar-refractivity contribution in [3.05, 3.63) is 23.8 Å². The highest BCUT2D eigenvalue weighted by Gasteiger charge is 2.34. The van der Waals surface area contributed by atoms with Gasteiger partial charge < -0.3 is 20.5 Å². The number of fused-ring (bicyclic) bond motifs is 1. The van der Waals surface area contributed by atoms with Crippen LogP contribution >= 0.6 is 12.4 Å². The van der Waals surface area contributed by atoms with Crippen LogP contribution in [0.25, 0.3) is 0 Å². The second kappa shape index (κ2) is 7.88. The van der Waals surface area contributed by atoms with Gasteiger partial charge in [0.1, 0.15) is 0 Å². The lowest BCUT2D eigenvalue weighted by molar-refractivity contribution is -0.127. The van der Waals surface area contributed by atoms with Crippen LogP contribution in [-0.4, -0.2) is 24.7 Å². The quantitative estimate of drug-likeness (QED) is 0.886. The number of hydrogen-bond donors (Lipinski definition) is 2. The third kappa shape index (κ3) is 4.30. The van der Waals surface area contributed by atoms with Gasteiger partial charge in [-0.2, -0.15) is 0 Å². The van der Waals surface area contributed by atoms with E-state index in [1.165, 1.54) is 6.42 Å². The highest BCUT2D eigenvalue weighted by atomic mass is 35.5. The van der Waals surface area contributed by atoms with E-state index >= 15 is 0 Å². The Kier molecular flexibility index (Phi) is 6.13. The fourth-order valence-corrected chi connectivity index (χ4v) is 3.09. The molecule has 5 nitrogen and oxygen atoms in total. The Hall–Kier alpha value is -1.46. The molecule has 0 unspecified atom stereocenters. The molecule has 23 heavy (non-hydrogen) atoms. The third-order valence-electron chi connectivity index (χ3n) is 4.46. The summed E-state index contributed by atoms with van der Waals surface area (Å²) in [4.78, 5) is 12.3. The van der Waals surface area contributed by atoms with Gasteiger partial charge >= 0.3 is 0 Å². The Morgan fingerprint density at radius 1 is 1.09 bits per heavy atom. The Morgan fingerprint density at radius 3 is 2.52 bits per heavy atom. The molecule has 1 fully saturated rings. The highest BCUT2D eigenvalue weighted by molar-refractivity contribution is 5.86. The maximum atomic E-state index is 12.3. The fraction of sp³-hybridized carbons (Fsp3) is 0.588. The van der Waals surface area contributed by atoms with Gasteiger partial charge in [-0.1, -0.05) is 25.3 Å². The summed E-state index contributed by atoms with van der Waals surface area (Å²) in [6.07, 6.45) is 5.69. The zero-order chi connectivity index (χ0) is 15.4. The van der Waals surface area contributed by atoms with Crippen LogP contribution in [0.15, 0.2) is 18.2 Å². The van der Waals surface area contributed by atoms with E-state index in [0.717, 1.165) is 49.2 Å². The molecule has 0 aromatic heterocycles. The van der Waals surface area contributed by atoms with E-state index < -0.39 is 5.54 Å². The molecule has 1 saturated carbocycles. The van der Waals surface area contributed by atoms with Crippen LogP contribution in [0.2, 0.25) is 0 Å². The minimum atomic E-state index is -0.691. The van der Waals surface area contributed by atoms with Crippen molar-refractivity contribution < 1.29 is 14.3 Å². The average molecular weight is 341 g/mol. The fourth-order valence-electron chi connectivity index (χ4n) is 3.09. The lowest BCUT2D eigenvalue weighted by atomic mass is 9.82. The van der Waals surface area contributed by atoms with Crippen LogP contribution in [0.4, 0.5) is 0 Å². The molecule has 0 spiro atoms. The van der Waals surface area contributed by atoms with Gasteiger partial charge in [-0.3, -0.25) is 4.79 Å². The minimum Gasteiger partial charge on any atom is -0.490 e. The molecule has 128 valence electrons. The van der Waals surface area contributed by atoms with Crippen LogP contribution in [0, 0.1) is 0 Å². The molecular formula is C17H25ClN2O3. The van der Waals surface area contributed by atoms with Crippen LogP contribution in [0.1, 0.15) is 44.1 Å². The van der Waals surface area contributed by atoms with E-state index in [0.29, 0.717) is 19.8 Å². The van der Waals surface area contributed by atoms with Gasteiger partial charge in [0.05, 0.1) is 18.8 Å². The van der Waals surface area contributed by atoms with E-state index in [1.54, 1.807) is 0 Å². The van der Waals surface area contributed by atoms with E-state index in [2.05, 4.69) is 5.32 Å². The van der Waals surface area contributed by atoms with Crippen molar-refractivity contribution >= 4 is 18.3 Å². The van der Waals surface area contributed by atoms with Crippen LogP contribution in [0.5, 0.6) is 11.5 Å². The molecule has 1 aliphatic heterocycles. The summed E-state index contributed by atoms with van der Waals surface area (Å²) in [6.45, 7) is 1.81. The molecule has 0 atom stereocenters. The zero-order valence-electron chi connectivity index (χ0n) is 13.3. The Morgan fingerprint density at radius 2 is 1.78 bits per heavy atom. The number of nitrogens with one attached hydrogen (secondary N) is 1. The molecule has 1 aromatic carbocycles. The summed E-state index contributed by atoms with van der Waals surface area (Å²) < 4.78 is 11.3. The number of benzene rings is 1. The minimum absolute atomic E-state index is 0. The summed E-state index contributed by atoms with van der Waals surface area (Å²) in [7, 11) is 0. The number of halogens is 1. The predicted octanol–water partition coefficient (Wildman–Crippen LogP) is 2.55. The molecule has 2 aliphatic rings. The molecule has 1 amide bonds. The molecule has 0 radical (unpaired) electrons. The van der Waals surface area contributed by atoms with Gasteiger partial charge in [0.25, 0.3) is 0 Å². The summed E-state index contributed by atoms with van der Waals surface area (Å²) in [6, 6.07) is 5.80. The summed E-state index contributed by atoms with van der Waals surface area (Å²) in [5.41, 5.74) is 6.55. The lowest BCUT2D eigenvalue weighted by Gasteiger charge is -2.31. The summed E-state index contributed by atoms with van der Waals surface area (Å²) >= 11 is 0. The lowest BCUT2D eigenvalue weighted by Crippen LogP contribution is -2.54. The van der Waals surface area contributed by atoms with Gasteiger partial charge in [0, 0.05) is 13.0 Å². The third-order valence-corrected chi connectivity index (χ3v) is 4.46. The van der Waals surface area contributed by atoms with Crippen LogP contribution in [0.3, 0.4) is 0 Å². The maximum absolute atomic E-state index is 12.3. The molecular weight excluding hydrogens is 316 g/mol. The standard InChI is InChI=1S/C17H24N2O3.ClH/c18-17(7-2-1-3-8-17)16(20)19-12-13-5-6-14-15(11-13)22-10-4-9-21-14;/h5-6,11H,1-4,7-10,12,18H2,(H,19,20);1H. The second-order valence-corrected chi connectivity index (χ2v) is 6.23. The van der Waals surface area contributed by atoms with Crippen molar-refractivity contribution in [2.24, 2.45) is 5.73 Å². The number of ether oxygens (including phenoxy) is 2. The van der Waals surface area contributed by atoms with Gasteiger partial charge in [0.2, 0.25) is 5.91 Å². The number of carbonyl (C=O) groups is 1. The van der Waals surface area contributed by atoms with Gasteiger partial charge in [-0.25, -0.2) is 0 Å². The molecule has 3 rings (SSSR count). The molecule has 6 heteroatoms. The average Bonchev–Trinajstić information content (AvgIpc) is 2.78. The number of nitrogens with two attached hydrogens (primary N) is 1. The van der Waals surface area contributed by atoms with Crippen molar-refractivity contribution in [2.75, 3.05) is 13.2 Å². The Labute approximate surface area is 143 Å². The van der Waals surface area contributed by atoms with Crippen molar-refractivity contribution in [3.8, 4) is 11.5 Å². The van der Waals surface area contributed by atoms with Gasteiger partial charge in [-0.05, 0) is 30.5 Å². The number of amides is 1. The molecule has 1 aromatic rings. The first-order valence-corrected chi connectivity index (χ1v) is 8.13. The highest BCUT2D eigenvalue weighted by Crippen LogP contribution is 2.30. The predicted molar refractivity (Wildman–Crippen MR) is 91.1 cm³/mol. The van der Waals surface area contributed by atoms with E-state index in [-0.39, 0.29) is 18.3 Å². The maximum Gasteiger partial charge on any atom is 0.240 e. The molecule has 0 bridgehead atoms.